The lowest BCUT2D eigenvalue weighted by molar-refractivity contribution is 0.242. The Morgan fingerprint density at radius 2 is 1.75 bits per heavy atom. The molecule has 0 radical (unpaired) electrons. The summed E-state index contributed by atoms with van der Waals surface area (Å²) in [5, 5.41) is 6.67. The summed E-state index contributed by atoms with van der Waals surface area (Å²) in [6, 6.07) is 14.0. The maximum absolute atomic E-state index is 5.74. The smallest absolute Gasteiger partial charge is 0.191 e. The van der Waals surface area contributed by atoms with Gasteiger partial charge in [-0.3, -0.25) is 4.99 Å². The standard InChI is InChI=1S/C22H31N3O3/c1-16(2)28-19-8-6-7-18(13-19)15-25-22(23-3)24-12-11-17-9-10-20(26-4)21(14-17)27-5/h6-10,13-14,16H,11-12,15H2,1-5H3,(H2,23,24,25). The van der Waals surface area contributed by atoms with Gasteiger partial charge in [-0.05, 0) is 55.7 Å². The molecule has 0 aliphatic heterocycles. The molecule has 2 rings (SSSR count). The summed E-state index contributed by atoms with van der Waals surface area (Å²) in [7, 11) is 5.05. The molecule has 2 aromatic rings. The fourth-order valence-corrected chi connectivity index (χ4v) is 2.77. The van der Waals surface area contributed by atoms with Crippen molar-refractivity contribution in [2.45, 2.75) is 32.9 Å². The van der Waals surface area contributed by atoms with Crippen molar-refractivity contribution in [1.82, 2.24) is 10.6 Å². The van der Waals surface area contributed by atoms with Crippen LogP contribution in [0.2, 0.25) is 0 Å². The normalized spacial score (nSPS) is 11.3. The lowest BCUT2D eigenvalue weighted by atomic mass is 10.1. The first kappa shape index (κ1) is 21.4. The van der Waals surface area contributed by atoms with Gasteiger partial charge < -0.3 is 24.8 Å². The predicted molar refractivity (Wildman–Crippen MR) is 114 cm³/mol. The quantitative estimate of drug-likeness (QED) is 0.512. The van der Waals surface area contributed by atoms with E-state index in [1.54, 1.807) is 21.3 Å². The van der Waals surface area contributed by atoms with Crippen molar-refractivity contribution in [3.8, 4) is 17.2 Å². The highest BCUT2D eigenvalue weighted by Gasteiger charge is 2.05. The van der Waals surface area contributed by atoms with E-state index >= 15 is 0 Å². The van der Waals surface area contributed by atoms with Gasteiger partial charge in [0.2, 0.25) is 0 Å². The Hall–Kier alpha value is -2.89. The highest BCUT2D eigenvalue weighted by Crippen LogP contribution is 2.27. The number of guanidine groups is 1. The number of nitrogens with one attached hydrogen (secondary N) is 2. The number of hydrogen-bond acceptors (Lipinski definition) is 4. The molecule has 0 fully saturated rings. The van der Waals surface area contributed by atoms with E-state index in [0.717, 1.165) is 41.7 Å². The molecule has 2 aromatic carbocycles. The number of aliphatic imine (C=N–C) groups is 1. The minimum atomic E-state index is 0.161. The van der Waals surface area contributed by atoms with E-state index in [1.165, 1.54) is 5.56 Å². The SMILES string of the molecule is CN=C(NCCc1ccc(OC)c(OC)c1)NCc1cccc(OC(C)C)c1. The zero-order valence-corrected chi connectivity index (χ0v) is 17.4. The number of ether oxygens (including phenoxy) is 3. The molecule has 0 saturated carbocycles. The number of nitrogens with zero attached hydrogens (tertiary/aromatic N) is 1. The van der Waals surface area contributed by atoms with Gasteiger partial charge in [0.05, 0.1) is 20.3 Å². The molecule has 2 N–H and O–H groups in total. The van der Waals surface area contributed by atoms with E-state index in [-0.39, 0.29) is 6.10 Å². The van der Waals surface area contributed by atoms with Gasteiger partial charge in [0.1, 0.15) is 5.75 Å². The van der Waals surface area contributed by atoms with Crippen LogP contribution in [0.25, 0.3) is 0 Å². The number of benzene rings is 2. The number of hydrogen-bond donors (Lipinski definition) is 2. The molecule has 0 bridgehead atoms. The van der Waals surface area contributed by atoms with Crippen molar-refractivity contribution in [3.63, 3.8) is 0 Å². The summed E-state index contributed by atoms with van der Waals surface area (Å²) in [5.41, 5.74) is 2.31. The zero-order chi connectivity index (χ0) is 20.4. The molecule has 28 heavy (non-hydrogen) atoms. The number of methoxy groups -OCH3 is 2. The van der Waals surface area contributed by atoms with Gasteiger partial charge in [0, 0.05) is 20.1 Å². The first-order valence-corrected chi connectivity index (χ1v) is 9.46. The largest absolute Gasteiger partial charge is 0.493 e. The van der Waals surface area contributed by atoms with Gasteiger partial charge in [-0.1, -0.05) is 18.2 Å². The van der Waals surface area contributed by atoms with Crippen LogP contribution in [0.3, 0.4) is 0 Å². The molecular formula is C22H31N3O3. The van der Waals surface area contributed by atoms with Crippen LogP contribution in [0.15, 0.2) is 47.5 Å². The molecule has 0 saturated heterocycles. The van der Waals surface area contributed by atoms with Crippen LogP contribution in [0, 0.1) is 0 Å². The molecule has 6 heteroatoms. The van der Waals surface area contributed by atoms with Crippen molar-refractivity contribution < 1.29 is 14.2 Å². The Bertz CT molecular complexity index is 775. The predicted octanol–water partition coefficient (Wildman–Crippen LogP) is 3.40. The Balaban J connectivity index is 1.83. The second kappa shape index (κ2) is 11.1. The molecule has 0 heterocycles. The van der Waals surface area contributed by atoms with Crippen LogP contribution in [-0.2, 0) is 13.0 Å². The minimum Gasteiger partial charge on any atom is -0.493 e. The highest BCUT2D eigenvalue weighted by molar-refractivity contribution is 5.79. The van der Waals surface area contributed by atoms with Crippen LogP contribution in [-0.4, -0.2) is 39.9 Å². The average Bonchev–Trinajstić information content (AvgIpc) is 2.70. The fraction of sp³-hybridized carbons (Fsp3) is 0.409. The van der Waals surface area contributed by atoms with Gasteiger partial charge in [-0.2, -0.15) is 0 Å². The van der Waals surface area contributed by atoms with Gasteiger partial charge in [-0.15, -0.1) is 0 Å². The van der Waals surface area contributed by atoms with Crippen LogP contribution >= 0.6 is 0 Å². The van der Waals surface area contributed by atoms with E-state index in [9.17, 15) is 0 Å². The summed E-state index contributed by atoms with van der Waals surface area (Å²) in [6.45, 7) is 5.47. The fourth-order valence-electron chi connectivity index (χ4n) is 2.77. The van der Waals surface area contributed by atoms with Crippen LogP contribution in [0.1, 0.15) is 25.0 Å². The molecule has 152 valence electrons. The highest BCUT2D eigenvalue weighted by atomic mass is 16.5. The van der Waals surface area contributed by atoms with E-state index in [1.807, 2.05) is 50.2 Å². The summed E-state index contributed by atoms with van der Waals surface area (Å²) < 4.78 is 16.4. The third-order valence-corrected chi connectivity index (χ3v) is 4.11. The lowest BCUT2D eigenvalue weighted by Gasteiger charge is -2.14. The molecule has 0 aliphatic carbocycles. The van der Waals surface area contributed by atoms with Gasteiger partial charge in [0.15, 0.2) is 17.5 Å². The van der Waals surface area contributed by atoms with E-state index in [0.29, 0.717) is 6.54 Å². The van der Waals surface area contributed by atoms with Gasteiger partial charge in [0.25, 0.3) is 0 Å². The zero-order valence-electron chi connectivity index (χ0n) is 17.4. The number of rotatable bonds is 9. The van der Waals surface area contributed by atoms with Crippen molar-refractivity contribution in [2.75, 3.05) is 27.8 Å². The first-order chi connectivity index (χ1) is 13.5. The van der Waals surface area contributed by atoms with Crippen molar-refractivity contribution in [3.05, 3.63) is 53.6 Å². The van der Waals surface area contributed by atoms with Crippen LogP contribution in [0.5, 0.6) is 17.2 Å². The molecule has 0 amide bonds. The molecule has 6 nitrogen and oxygen atoms in total. The van der Waals surface area contributed by atoms with Crippen molar-refractivity contribution in [2.24, 2.45) is 4.99 Å². The Morgan fingerprint density at radius 3 is 2.43 bits per heavy atom. The topological polar surface area (TPSA) is 64.1 Å². The minimum absolute atomic E-state index is 0.161. The third-order valence-electron chi connectivity index (χ3n) is 4.11. The summed E-state index contributed by atoms with van der Waals surface area (Å²) in [6.07, 6.45) is 1.01. The van der Waals surface area contributed by atoms with E-state index in [4.69, 9.17) is 14.2 Å². The maximum atomic E-state index is 5.74. The average molecular weight is 386 g/mol. The van der Waals surface area contributed by atoms with Crippen LogP contribution in [0.4, 0.5) is 0 Å². The Kier molecular flexibility index (Phi) is 8.46. The maximum Gasteiger partial charge on any atom is 0.191 e. The second-order valence-electron chi connectivity index (χ2n) is 6.61. The summed E-state index contributed by atoms with van der Waals surface area (Å²) >= 11 is 0. The van der Waals surface area contributed by atoms with E-state index < -0.39 is 0 Å². The van der Waals surface area contributed by atoms with E-state index in [2.05, 4.69) is 21.7 Å². The second-order valence-corrected chi connectivity index (χ2v) is 6.61. The van der Waals surface area contributed by atoms with Crippen molar-refractivity contribution >= 4 is 5.96 Å². The molecule has 0 spiro atoms. The Morgan fingerprint density at radius 1 is 0.964 bits per heavy atom. The van der Waals surface area contributed by atoms with Gasteiger partial charge in [-0.25, -0.2) is 0 Å². The third kappa shape index (κ3) is 6.68. The van der Waals surface area contributed by atoms with Crippen molar-refractivity contribution in [1.29, 1.82) is 0 Å². The molecule has 0 atom stereocenters. The molecule has 0 unspecified atom stereocenters. The summed E-state index contributed by atoms with van der Waals surface area (Å²) in [5.74, 6) is 3.12. The lowest BCUT2D eigenvalue weighted by Crippen LogP contribution is -2.37. The van der Waals surface area contributed by atoms with Crippen LogP contribution < -0.4 is 24.8 Å². The first-order valence-electron chi connectivity index (χ1n) is 9.46. The summed E-state index contributed by atoms with van der Waals surface area (Å²) in [4.78, 5) is 4.28. The molecular weight excluding hydrogens is 354 g/mol. The Labute approximate surface area is 167 Å². The molecule has 0 aliphatic rings. The monoisotopic (exact) mass is 385 g/mol. The molecule has 0 aromatic heterocycles. The van der Waals surface area contributed by atoms with Gasteiger partial charge >= 0.3 is 0 Å².